The Labute approximate surface area is 468 Å². The first-order valence-electron chi connectivity index (χ1n) is 29.2. The first kappa shape index (κ1) is 62.9. The molecule has 30 unspecified atom stereocenters. The number of aliphatic carboxylic acids is 1. The Bertz CT molecular complexity index is 2190. The number of carboxylic acids is 1. The lowest BCUT2D eigenvalue weighted by molar-refractivity contribution is -0.382. The van der Waals surface area contributed by atoms with Gasteiger partial charge in [0.15, 0.2) is 31.3 Å². The molecule has 80 heavy (non-hydrogen) atoms. The van der Waals surface area contributed by atoms with Gasteiger partial charge in [-0.15, -0.1) is 0 Å². The molecular formula is C57H94O23. The Morgan fingerprint density at radius 2 is 1.25 bits per heavy atom. The smallest absolute Gasteiger partial charge is 0.335 e. The maximum Gasteiger partial charge on any atom is 0.335 e. The summed E-state index contributed by atoms with van der Waals surface area (Å²) in [6.07, 6.45) is -25.6. The fourth-order valence-electron chi connectivity index (χ4n) is 17.2. The van der Waals surface area contributed by atoms with Crippen LogP contribution in [0.25, 0.3) is 0 Å². The molecule has 8 fully saturated rings. The van der Waals surface area contributed by atoms with Crippen molar-refractivity contribution in [3.8, 4) is 0 Å². The molecule has 9 rings (SSSR count). The Morgan fingerprint density at radius 1 is 0.600 bits per heavy atom. The summed E-state index contributed by atoms with van der Waals surface area (Å²) in [5, 5.41) is 155. The van der Waals surface area contributed by atoms with Crippen molar-refractivity contribution in [1.82, 2.24) is 0 Å². The number of hydrogen-bond acceptors (Lipinski definition) is 22. The van der Waals surface area contributed by atoms with Crippen molar-refractivity contribution in [1.29, 1.82) is 0 Å². The average Bonchev–Trinajstić information content (AvgIpc) is 3.69. The van der Waals surface area contributed by atoms with Crippen LogP contribution in [0.15, 0.2) is 11.6 Å². The predicted molar refractivity (Wildman–Crippen MR) is 277 cm³/mol. The van der Waals surface area contributed by atoms with Crippen LogP contribution in [0.1, 0.15) is 126 Å². The molecule has 23 nitrogen and oxygen atoms in total. The molecule has 4 aliphatic heterocycles. The summed E-state index contributed by atoms with van der Waals surface area (Å²) in [4.78, 5) is 12.8. The predicted octanol–water partition coefficient (Wildman–Crippen LogP) is -0.443. The van der Waals surface area contributed by atoms with Gasteiger partial charge < -0.3 is 109 Å². The number of hydrogen-bond donors (Lipinski definition) is 14. The van der Waals surface area contributed by atoms with Crippen molar-refractivity contribution in [3.63, 3.8) is 0 Å². The van der Waals surface area contributed by atoms with Crippen molar-refractivity contribution in [2.45, 2.75) is 255 Å². The molecule has 4 heterocycles. The second kappa shape index (κ2) is 23.2. The van der Waals surface area contributed by atoms with Crippen LogP contribution >= 0.6 is 0 Å². The van der Waals surface area contributed by atoms with E-state index < -0.39 is 166 Å². The lowest BCUT2D eigenvalue weighted by Gasteiger charge is -2.71. The molecule has 9 aliphatic rings. The number of carbonyl (C=O) groups is 1. The highest BCUT2D eigenvalue weighted by atomic mass is 16.8. The Morgan fingerprint density at radius 3 is 1.90 bits per heavy atom. The molecule has 4 saturated heterocycles. The summed E-state index contributed by atoms with van der Waals surface area (Å²) in [5.74, 6) is -2.64. The summed E-state index contributed by atoms with van der Waals surface area (Å²) >= 11 is 0. The summed E-state index contributed by atoms with van der Waals surface area (Å²) in [6, 6.07) is 0. The van der Waals surface area contributed by atoms with Crippen molar-refractivity contribution >= 4 is 5.97 Å². The molecule has 14 N–H and O–H groups in total. The van der Waals surface area contributed by atoms with E-state index in [1.54, 1.807) is 0 Å². The van der Waals surface area contributed by atoms with E-state index in [0.717, 1.165) is 51.4 Å². The molecule has 0 aromatic heterocycles. The second-order valence-electron chi connectivity index (χ2n) is 27.5. The van der Waals surface area contributed by atoms with Gasteiger partial charge in [0.05, 0.1) is 50.8 Å². The summed E-state index contributed by atoms with van der Waals surface area (Å²) in [5.41, 5.74) is -0.472. The van der Waals surface area contributed by atoms with Crippen LogP contribution in [0.5, 0.6) is 0 Å². The number of ether oxygens (including phenoxy) is 8. The average molecular weight is 1150 g/mol. The quantitative estimate of drug-likeness (QED) is 0.0870. The zero-order valence-electron chi connectivity index (χ0n) is 47.6. The van der Waals surface area contributed by atoms with Gasteiger partial charge >= 0.3 is 5.97 Å². The lowest BCUT2D eigenvalue weighted by Crippen LogP contribution is -2.67. The van der Waals surface area contributed by atoms with Crippen molar-refractivity contribution in [3.05, 3.63) is 11.6 Å². The number of allylic oxidation sites excluding steroid dienone is 2. The van der Waals surface area contributed by atoms with Crippen molar-refractivity contribution < 1.29 is 114 Å². The maximum absolute atomic E-state index is 12.8. The third kappa shape index (κ3) is 10.5. The highest BCUT2D eigenvalue weighted by molar-refractivity contribution is 5.73. The molecule has 460 valence electrons. The maximum atomic E-state index is 12.8. The summed E-state index contributed by atoms with van der Waals surface area (Å²) < 4.78 is 49.5. The van der Waals surface area contributed by atoms with Gasteiger partial charge in [-0.1, -0.05) is 60.1 Å². The van der Waals surface area contributed by atoms with Gasteiger partial charge in [0.1, 0.15) is 73.2 Å². The van der Waals surface area contributed by atoms with Gasteiger partial charge in [-0.2, -0.15) is 0 Å². The normalized spacial score (nSPS) is 54.5. The molecular weight excluding hydrogens is 1050 g/mol. The second-order valence-corrected chi connectivity index (χ2v) is 27.5. The van der Waals surface area contributed by atoms with Crippen LogP contribution in [-0.4, -0.2) is 233 Å². The molecule has 23 heteroatoms. The molecule has 30 atom stereocenters. The number of aliphatic hydroxyl groups excluding tert-OH is 13. The van der Waals surface area contributed by atoms with Crippen LogP contribution in [0.3, 0.4) is 0 Å². The van der Waals surface area contributed by atoms with Gasteiger partial charge in [-0.25, -0.2) is 4.79 Å². The fraction of sp³-hybridized carbons (Fsp3) is 0.947. The van der Waals surface area contributed by atoms with E-state index in [9.17, 15) is 76.3 Å². The van der Waals surface area contributed by atoms with Crippen LogP contribution in [0.2, 0.25) is 0 Å². The number of aliphatic hydroxyl groups is 13. The van der Waals surface area contributed by atoms with Gasteiger partial charge in [0.25, 0.3) is 0 Å². The minimum absolute atomic E-state index is 0.0269. The summed E-state index contributed by atoms with van der Waals surface area (Å²) in [7, 11) is 0. The first-order valence-corrected chi connectivity index (χ1v) is 29.2. The molecule has 0 aromatic rings. The largest absolute Gasteiger partial charge is 0.479 e. The van der Waals surface area contributed by atoms with E-state index in [2.05, 4.69) is 47.6 Å². The van der Waals surface area contributed by atoms with Gasteiger partial charge in [-0.05, 0) is 117 Å². The summed E-state index contributed by atoms with van der Waals surface area (Å²) in [6.45, 7) is 14.8. The number of carboxylic acid groups (broad SMARTS) is 1. The minimum atomic E-state index is -2.17. The van der Waals surface area contributed by atoms with Crippen LogP contribution in [0, 0.1) is 56.2 Å². The van der Waals surface area contributed by atoms with Gasteiger partial charge in [0, 0.05) is 16.7 Å². The third-order valence-corrected chi connectivity index (χ3v) is 22.4. The van der Waals surface area contributed by atoms with Crippen LogP contribution in [0.4, 0.5) is 0 Å². The zero-order valence-corrected chi connectivity index (χ0v) is 47.6. The third-order valence-electron chi connectivity index (χ3n) is 22.4. The van der Waals surface area contributed by atoms with E-state index in [1.807, 2.05) is 6.92 Å². The Kier molecular flexibility index (Phi) is 18.3. The SMILES string of the molecule is CC1OC(OC2C(OC3C(OC4CCC5(C)C(CCC6(C)C5CCCC=C5C7CC(C)(C)CC(O)C7(C)CCC56C)C4(C)CO)OC(C(=O)O)C(O)C3O)OCC(CO)C(O)C2OC2OC(CO)C(O)C(O)C2O)C(O)C(O)C1O. The van der Waals surface area contributed by atoms with Crippen LogP contribution in [-0.2, 0) is 42.7 Å². The first-order chi connectivity index (χ1) is 37.5. The van der Waals surface area contributed by atoms with Gasteiger partial charge in [0.2, 0.25) is 0 Å². The van der Waals surface area contributed by atoms with Crippen LogP contribution < -0.4 is 0 Å². The van der Waals surface area contributed by atoms with E-state index in [0.29, 0.717) is 19.3 Å². The molecule has 0 aromatic carbocycles. The van der Waals surface area contributed by atoms with E-state index in [-0.39, 0.29) is 51.4 Å². The molecule has 0 radical (unpaired) electrons. The van der Waals surface area contributed by atoms with E-state index in [4.69, 9.17) is 37.9 Å². The fourth-order valence-corrected chi connectivity index (χ4v) is 17.2. The molecule has 0 amide bonds. The highest BCUT2D eigenvalue weighted by Gasteiger charge is 2.69. The minimum Gasteiger partial charge on any atom is -0.479 e. The number of rotatable bonds is 12. The van der Waals surface area contributed by atoms with E-state index >= 15 is 0 Å². The molecule has 4 saturated carbocycles. The standard InChI is InChI=1S/C57H94O23/c1-25-34(62)37(65)41(69)48(74-25)80-46-43(77-49-42(70)38(66)36(64)29(22-59)75-49)35(63)26(21-58)23-73-50(46)79-45-40(68)39(67)44(47(71)72)78-51(45)76-33-14-15-54(5)30(55(33,6)24-60)13-16-57(8)31(54)12-10-9-11-27-28-19-52(2,3)20-32(61)53(28,4)17-18-56(27,57)7/h11,25-26,28-46,48-51,58-70H,9-10,12-24H2,1-8H3,(H,71,72). The Hall–Kier alpha value is -1.63. The highest BCUT2D eigenvalue weighted by Crippen LogP contribution is 2.75. The Balaban J connectivity index is 1.04. The molecule has 0 spiro atoms. The molecule has 0 bridgehead atoms. The molecule has 5 aliphatic carbocycles. The van der Waals surface area contributed by atoms with Gasteiger partial charge in [-0.3, -0.25) is 0 Å². The van der Waals surface area contributed by atoms with Crippen molar-refractivity contribution in [2.75, 3.05) is 26.4 Å². The number of fused-ring (bicyclic) bond motifs is 7. The topological polar surface area (TPSA) is 374 Å². The monoisotopic (exact) mass is 1150 g/mol. The van der Waals surface area contributed by atoms with E-state index in [1.165, 1.54) is 12.5 Å². The zero-order chi connectivity index (χ0) is 58.6. The van der Waals surface area contributed by atoms with Crippen molar-refractivity contribution in [2.24, 2.45) is 56.2 Å². The lowest BCUT2D eigenvalue weighted by atomic mass is 9.34.